The summed E-state index contributed by atoms with van der Waals surface area (Å²) in [5.41, 5.74) is 0. The summed E-state index contributed by atoms with van der Waals surface area (Å²) in [6, 6.07) is 0. The molecule has 3 N–H and O–H groups in total. The quantitative estimate of drug-likeness (QED) is 0.521. The Morgan fingerprint density at radius 1 is 0.765 bits per heavy atom. The molecule has 0 amide bonds. The summed E-state index contributed by atoms with van der Waals surface area (Å²) >= 11 is 0. The molecule has 0 aliphatic carbocycles. The lowest BCUT2D eigenvalue weighted by atomic mass is 10.1. The van der Waals surface area contributed by atoms with Gasteiger partial charge in [0, 0.05) is 6.61 Å². The lowest BCUT2D eigenvalue weighted by Gasteiger charge is -2.04. The largest absolute Gasteiger partial charge is 0.396 e. The van der Waals surface area contributed by atoms with E-state index in [9.17, 15) is 0 Å². The van der Waals surface area contributed by atoms with Gasteiger partial charge in [-0.15, -0.1) is 0 Å². The molecular formula is C14H32O3. The molecule has 106 valence electrons. The number of rotatable bonds is 10. The minimum absolute atomic E-state index is 0.0911. The first-order valence-corrected chi connectivity index (χ1v) is 7.12. The first-order chi connectivity index (χ1) is 8.22. The molecule has 3 heteroatoms. The van der Waals surface area contributed by atoms with E-state index >= 15 is 0 Å². The molecule has 0 bridgehead atoms. The molecule has 0 aromatic heterocycles. The highest BCUT2D eigenvalue weighted by Crippen LogP contribution is 2.04. The molecule has 0 saturated carbocycles. The summed E-state index contributed by atoms with van der Waals surface area (Å²) in [5, 5.41) is 25.6. The molecule has 0 heterocycles. The fourth-order valence-electron chi connectivity index (χ4n) is 1.44. The monoisotopic (exact) mass is 248 g/mol. The van der Waals surface area contributed by atoms with Crippen LogP contribution in [0.1, 0.15) is 71.6 Å². The standard InChI is InChI=1S/C8H18O2.C6H14O/c1-2-3-4-5-6-8(10)7-9;1-2-3-4-5-6-7/h8-10H,2-7H2,1H3;7H,2-6H2,1H3. The second-order valence-electron chi connectivity index (χ2n) is 4.47. The van der Waals surface area contributed by atoms with Gasteiger partial charge < -0.3 is 15.3 Å². The van der Waals surface area contributed by atoms with E-state index in [4.69, 9.17) is 15.3 Å². The number of hydrogen-bond donors (Lipinski definition) is 3. The second kappa shape index (κ2) is 18.3. The molecule has 0 spiro atoms. The Balaban J connectivity index is 0. The van der Waals surface area contributed by atoms with E-state index in [1.54, 1.807) is 0 Å². The summed E-state index contributed by atoms with van der Waals surface area (Å²) in [7, 11) is 0. The summed E-state index contributed by atoms with van der Waals surface area (Å²) in [6.07, 6.45) is 9.60. The maximum Gasteiger partial charge on any atom is 0.0770 e. The van der Waals surface area contributed by atoms with Gasteiger partial charge in [-0.05, 0) is 12.8 Å². The topological polar surface area (TPSA) is 60.7 Å². The van der Waals surface area contributed by atoms with E-state index in [0.29, 0.717) is 6.61 Å². The predicted octanol–water partition coefficient (Wildman–Crippen LogP) is 2.87. The molecule has 0 aliphatic heterocycles. The van der Waals surface area contributed by atoms with E-state index in [1.807, 2.05) is 0 Å². The lowest BCUT2D eigenvalue weighted by molar-refractivity contribution is 0.0860. The van der Waals surface area contributed by atoms with Gasteiger partial charge in [-0.1, -0.05) is 58.8 Å². The van der Waals surface area contributed by atoms with E-state index in [0.717, 1.165) is 19.3 Å². The first-order valence-electron chi connectivity index (χ1n) is 7.12. The van der Waals surface area contributed by atoms with Gasteiger partial charge in [0.05, 0.1) is 12.7 Å². The molecule has 0 saturated heterocycles. The van der Waals surface area contributed by atoms with Crippen LogP contribution in [0.2, 0.25) is 0 Å². The van der Waals surface area contributed by atoms with Crippen molar-refractivity contribution in [1.29, 1.82) is 0 Å². The molecule has 0 rings (SSSR count). The normalized spacial score (nSPS) is 11.8. The molecule has 3 nitrogen and oxygen atoms in total. The van der Waals surface area contributed by atoms with E-state index in [2.05, 4.69) is 13.8 Å². The van der Waals surface area contributed by atoms with Crippen molar-refractivity contribution < 1.29 is 15.3 Å². The van der Waals surface area contributed by atoms with Crippen molar-refractivity contribution >= 4 is 0 Å². The minimum atomic E-state index is -0.489. The van der Waals surface area contributed by atoms with E-state index < -0.39 is 6.10 Å². The van der Waals surface area contributed by atoms with Crippen LogP contribution in [-0.2, 0) is 0 Å². The zero-order valence-electron chi connectivity index (χ0n) is 11.7. The molecule has 0 aliphatic rings. The van der Waals surface area contributed by atoms with Crippen LogP contribution in [0.4, 0.5) is 0 Å². The van der Waals surface area contributed by atoms with Crippen molar-refractivity contribution in [2.45, 2.75) is 77.7 Å². The Kier molecular flexibility index (Phi) is 20.6. The van der Waals surface area contributed by atoms with Crippen molar-refractivity contribution in [2.24, 2.45) is 0 Å². The average Bonchev–Trinajstić information content (AvgIpc) is 2.36. The van der Waals surface area contributed by atoms with Gasteiger partial charge in [-0.2, -0.15) is 0 Å². The highest BCUT2D eigenvalue weighted by molar-refractivity contribution is 4.52. The van der Waals surface area contributed by atoms with Gasteiger partial charge in [0.2, 0.25) is 0 Å². The fraction of sp³-hybridized carbons (Fsp3) is 1.00. The molecule has 0 aromatic rings. The van der Waals surface area contributed by atoms with Gasteiger partial charge in [0.15, 0.2) is 0 Å². The zero-order chi connectivity index (χ0) is 13.4. The molecule has 17 heavy (non-hydrogen) atoms. The van der Waals surface area contributed by atoms with Crippen LogP contribution in [0, 0.1) is 0 Å². The Morgan fingerprint density at radius 2 is 1.29 bits per heavy atom. The third-order valence-corrected chi connectivity index (χ3v) is 2.61. The van der Waals surface area contributed by atoms with Gasteiger partial charge in [-0.25, -0.2) is 0 Å². The highest BCUT2D eigenvalue weighted by atomic mass is 16.3. The number of aliphatic hydroxyl groups is 3. The van der Waals surface area contributed by atoms with Crippen LogP contribution in [0.3, 0.4) is 0 Å². The molecule has 1 unspecified atom stereocenters. The van der Waals surface area contributed by atoms with Crippen molar-refractivity contribution in [3.63, 3.8) is 0 Å². The zero-order valence-corrected chi connectivity index (χ0v) is 11.7. The van der Waals surface area contributed by atoms with Crippen LogP contribution >= 0.6 is 0 Å². The van der Waals surface area contributed by atoms with Crippen LogP contribution < -0.4 is 0 Å². The average molecular weight is 248 g/mol. The van der Waals surface area contributed by atoms with Gasteiger partial charge in [0.1, 0.15) is 0 Å². The SMILES string of the molecule is CCCCCCC(O)CO.CCCCCCO. The Labute approximate surface area is 107 Å². The molecule has 0 fully saturated rings. The van der Waals surface area contributed by atoms with Crippen molar-refractivity contribution in [3.8, 4) is 0 Å². The Bertz CT molecular complexity index is 114. The summed E-state index contributed by atoms with van der Waals surface area (Å²) in [5.74, 6) is 0. The Hall–Kier alpha value is -0.120. The van der Waals surface area contributed by atoms with Crippen molar-refractivity contribution in [3.05, 3.63) is 0 Å². The number of aliphatic hydroxyl groups excluding tert-OH is 3. The van der Waals surface area contributed by atoms with Crippen LogP contribution in [0.15, 0.2) is 0 Å². The van der Waals surface area contributed by atoms with Gasteiger partial charge in [0.25, 0.3) is 0 Å². The van der Waals surface area contributed by atoms with Gasteiger partial charge in [-0.3, -0.25) is 0 Å². The summed E-state index contributed by atoms with van der Waals surface area (Å²) in [6.45, 7) is 4.59. The third-order valence-electron chi connectivity index (χ3n) is 2.61. The molecule has 1 atom stereocenters. The maximum absolute atomic E-state index is 8.91. The van der Waals surface area contributed by atoms with Gasteiger partial charge >= 0.3 is 0 Å². The van der Waals surface area contributed by atoms with Crippen molar-refractivity contribution in [1.82, 2.24) is 0 Å². The maximum atomic E-state index is 8.91. The Morgan fingerprint density at radius 3 is 1.71 bits per heavy atom. The predicted molar refractivity (Wildman–Crippen MR) is 73.1 cm³/mol. The smallest absolute Gasteiger partial charge is 0.0770 e. The summed E-state index contributed by atoms with van der Waals surface area (Å²) in [4.78, 5) is 0. The number of unbranched alkanes of at least 4 members (excludes halogenated alkanes) is 6. The minimum Gasteiger partial charge on any atom is -0.396 e. The third kappa shape index (κ3) is 21.7. The molecule has 0 radical (unpaired) electrons. The van der Waals surface area contributed by atoms with E-state index in [-0.39, 0.29) is 6.61 Å². The van der Waals surface area contributed by atoms with Crippen LogP contribution in [0.25, 0.3) is 0 Å². The lowest BCUT2D eigenvalue weighted by Crippen LogP contribution is -2.10. The highest BCUT2D eigenvalue weighted by Gasteiger charge is 1.99. The molecule has 0 aromatic carbocycles. The first kappa shape index (κ1) is 19.2. The van der Waals surface area contributed by atoms with Crippen LogP contribution in [-0.4, -0.2) is 34.6 Å². The molecular weight excluding hydrogens is 216 g/mol. The fourth-order valence-corrected chi connectivity index (χ4v) is 1.44. The van der Waals surface area contributed by atoms with Crippen molar-refractivity contribution in [2.75, 3.05) is 13.2 Å². The number of hydrogen-bond acceptors (Lipinski definition) is 3. The van der Waals surface area contributed by atoms with E-state index in [1.165, 1.54) is 38.5 Å². The summed E-state index contributed by atoms with van der Waals surface area (Å²) < 4.78 is 0. The second-order valence-corrected chi connectivity index (χ2v) is 4.47. The van der Waals surface area contributed by atoms with Crippen LogP contribution in [0.5, 0.6) is 0 Å².